The summed E-state index contributed by atoms with van der Waals surface area (Å²) in [6, 6.07) is 13.4. The minimum Gasteiger partial charge on any atom is -0.465 e. The molecule has 0 amide bonds. The number of carbonyl (C=O) groups is 1. The van der Waals surface area contributed by atoms with Crippen LogP contribution in [0.15, 0.2) is 46.9 Å². The van der Waals surface area contributed by atoms with Crippen LogP contribution in [0.4, 0.5) is 5.69 Å². The van der Waals surface area contributed by atoms with Crippen molar-refractivity contribution in [2.45, 2.75) is 26.2 Å². The lowest BCUT2D eigenvalue weighted by molar-refractivity contribution is 0.0601. The van der Waals surface area contributed by atoms with E-state index in [0.717, 1.165) is 22.3 Å². The summed E-state index contributed by atoms with van der Waals surface area (Å²) in [5.74, 6) is 0.339. The number of hydrogen-bond donors (Lipinski definition) is 1. The van der Waals surface area contributed by atoms with Gasteiger partial charge < -0.3 is 14.9 Å². The molecule has 0 aliphatic heterocycles. The number of methoxy groups -OCH3 is 1. The van der Waals surface area contributed by atoms with E-state index >= 15 is 0 Å². The normalized spacial score (nSPS) is 11.7. The Bertz CT molecular complexity index is 902. The third-order valence-corrected chi connectivity index (χ3v) is 4.08. The van der Waals surface area contributed by atoms with Crippen molar-refractivity contribution < 1.29 is 13.9 Å². The van der Waals surface area contributed by atoms with E-state index in [-0.39, 0.29) is 5.41 Å². The Balaban J connectivity index is 2.36. The second-order valence-electron chi connectivity index (χ2n) is 6.85. The van der Waals surface area contributed by atoms with Crippen LogP contribution >= 0.6 is 0 Å². The first-order valence-electron chi connectivity index (χ1n) is 7.83. The number of hydrogen-bond acceptors (Lipinski definition) is 4. The third-order valence-electron chi connectivity index (χ3n) is 4.08. The van der Waals surface area contributed by atoms with Gasteiger partial charge in [0.15, 0.2) is 5.58 Å². The van der Waals surface area contributed by atoms with Gasteiger partial charge >= 0.3 is 5.97 Å². The predicted molar refractivity (Wildman–Crippen MR) is 96.1 cm³/mol. The first-order chi connectivity index (χ1) is 11.3. The highest BCUT2D eigenvalue weighted by atomic mass is 16.5. The lowest BCUT2D eigenvalue weighted by Gasteiger charge is -2.13. The first kappa shape index (κ1) is 16.1. The van der Waals surface area contributed by atoms with Crippen molar-refractivity contribution >= 4 is 22.6 Å². The predicted octanol–water partition coefficient (Wildman–Crippen LogP) is 4.77. The molecule has 4 nitrogen and oxygen atoms in total. The molecule has 0 spiro atoms. The van der Waals surface area contributed by atoms with Crippen LogP contribution in [0.25, 0.3) is 22.1 Å². The monoisotopic (exact) mass is 323 g/mol. The molecule has 124 valence electrons. The molecule has 0 unspecified atom stereocenters. The number of rotatable bonds is 2. The summed E-state index contributed by atoms with van der Waals surface area (Å²) < 4.78 is 10.9. The summed E-state index contributed by atoms with van der Waals surface area (Å²) in [4.78, 5) is 12.3. The van der Waals surface area contributed by atoms with Crippen LogP contribution in [0.5, 0.6) is 0 Å². The number of fused-ring (bicyclic) bond motifs is 1. The highest BCUT2D eigenvalue weighted by Gasteiger charge is 2.25. The standard InChI is InChI=1S/C20H21NO3/c1-20(2,3)16-11-14-17(21)13(12-8-6-5-7-9-12)10-15(18(14)24-16)19(22)23-4/h5-11H,21H2,1-4H3. The zero-order valence-corrected chi connectivity index (χ0v) is 14.3. The molecule has 4 heteroatoms. The van der Waals surface area contributed by atoms with Crippen LogP contribution in [0.3, 0.4) is 0 Å². The maximum Gasteiger partial charge on any atom is 0.341 e. The summed E-state index contributed by atoms with van der Waals surface area (Å²) in [6.45, 7) is 6.16. The molecule has 24 heavy (non-hydrogen) atoms. The smallest absolute Gasteiger partial charge is 0.341 e. The van der Waals surface area contributed by atoms with Gasteiger partial charge in [0.05, 0.1) is 12.8 Å². The molecular weight excluding hydrogens is 302 g/mol. The Labute approximate surface area is 141 Å². The average molecular weight is 323 g/mol. The van der Waals surface area contributed by atoms with E-state index in [1.165, 1.54) is 7.11 Å². The minimum absolute atomic E-state index is 0.189. The molecule has 0 aliphatic rings. The molecule has 1 heterocycles. The van der Waals surface area contributed by atoms with E-state index in [4.69, 9.17) is 14.9 Å². The van der Waals surface area contributed by atoms with Crippen molar-refractivity contribution in [3.8, 4) is 11.1 Å². The molecule has 3 aromatic rings. The molecule has 1 aromatic heterocycles. The second kappa shape index (κ2) is 5.71. The molecule has 0 aliphatic carbocycles. The van der Waals surface area contributed by atoms with E-state index in [0.29, 0.717) is 16.8 Å². The maximum atomic E-state index is 12.3. The van der Waals surface area contributed by atoms with Crippen molar-refractivity contribution in [3.05, 3.63) is 53.8 Å². The Morgan fingerprint density at radius 3 is 2.38 bits per heavy atom. The van der Waals surface area contributed by atoms with Gasteiger partial charge in [-0.2, -0.15) is 0 Å². The number of anilines is 1. The van der Waals surface area contributed by atoms with Gasteiger partial charge in [-0.15, -0.1) is 0 Å². The summed E-state index contributed by atoms with van der Waals surface area (Å²) in [5.41, 5.74) is 9.42. The van der Waals surface area contributed by atoms with E-state index in [2.05, 4.69) is 20.8 Å². The topological polar surface area (TPSA) is 65.5 Å². The highest BCUT2D eigenvalue weighted by Crippen LogP contribution is 2.39. The summed E-state index contributed by atoms with van der Waals surface area (Å²) >= 11 is 0. The Hall–Kier alpha value is -2.75. The van der Waals surface area contributed by atoms with Gasteiger partial charge in [-0.25, -0.2) is 4.79 Å². The molecule has 0 atom stereocenters. The average Bonchev–Trinajstić information content (AvgIpc) is 3.01. The maximum absolute atomic E-state index is 12.3. The molecule has 0 radical (unpaired) electrons. The van der Waals surface area contributed by atoms with Gasteiger partial charge in [-0.3, -0.25) is 0 Å². The van der Waals surface area contributed by atoms with Crippen LogP contribution < -0.4 is 5.73 Å². The number of benzene rings is 2. The molecule has 0 bridgehead atoms. The number of nitrogens with two attached hydrogens (primary N) is 1. The van der Waals surface area contributed by atoms with Gasteiger partial charge in [-0.1, -0.05) is 51.1 Å². The number of esters is 1. The van der Waals surface area contributed by atoms with Crippen molar-refractivity contribution in [1.82, 2.24) is 0 Å². The van der Waals surface area contributed by atoms with E-state index in [1.807, 2.05) is 36.4 Å². The fraction of sp³-hybridized carbons (Fsp3) is 0.250. The lowest BCUT2D eigenvalue weighted by Crippen LogP contribution is -2.09. The molecule has 0 saturated heterocycles. The zero-order valence-electron chi connectivity index (χ0n) is 14.3. The van der Waals surface area contributed by atoms with Gasteiger partial charge in [0, 0.05) is 16.4 Å². The van der Waals surface area contributed by atoms with Crippen LogP contribution in [-0.2, 0) is 10.2 Å². The molecule has 2 aromatic carbocycles. The SMILES string of the molecule is COC(=O)c1cc(-c2ccccc2)c(N)c2cc(C(C)(C)C)oc12. The largest absolute Gasteiger partial charge is 0.465 e. The second-order valence-corrected chi connectivity index (χ2v) is 6.85. The number of furan rings is 1. The Morgan fingerprint density at radius 1 is 1.12 bits per heavy atom. The van der Waals surface area contributed by atoms with E-state index in [9.17, 15) is 4.79 Å². The number of carbonyl (C=O) groups excluding carboxylic acids is 1. The molecule has 0 fully saturated rings. The van der Waals surface area contributed by atoms with Gasteiger partial charge in [0.1, 0.15) is 11.3 Å². The van der Waals surface area contributed by atoms with Crippen molar-refractivity contribution in [2.75, 3.05) is 12.8 Å². The molecular formula is C20H21NO3. The summed E-state index contributed by atoms with van der Waals surface area (Å²) in [6.07, 6.45) is 0. The minimum atomic E-state index is -0.438. The zero-order chi connectivity index (χ0) is 17.5. The van der Waals surface area contributed by atoms with Crippen LogP contribution in [0, 0.1) is 0 Å². The third kappa shape index (κ3) is 2.64. The van der Waals surface area contributed by atoms with Crippen molar-refractivity contribution in [2.24, 2.45) is 0 Å². The van der Waals surface area contributed by atoms with E-state index in [1.54, 1.807) is 6.07 Å². The van der Waals surface area contributed by atoms with Crippen LogP contribution in [-0.4, -0.2) is 13.1 Å². The fourth-order valence-electron chi connectivity index (χ4n) is 2.71. The summed E-state index contributed by atoms with van der Waals surface area (Å²) in [5, 5.41) is 0.738. The number of nitrogen functional groups attached to an aromatic ring is 1. The summed E-state index contributed by atoms with van der Waals surface area (Å²) in [7, 11) is 1.36. The molecule has 2 N–H and O–H groups in total. The van der Waals surface area contributed by atoms with E-state index < -0.39 is 5.97 Å². The van der Waals surface area contributed by atoms with Gasteiger partial charge in [0.2, 0.25) is 0 Å². The van der Waals surface area contributed by atoms with Gasteiger partial charge in [0.25, 0.3) is 0 Å². The molecule has 3 rings (SSSR count). The Morgan fingerprint density at radius 2 is 1.79 bits per heavy atom. The lowest BCUT2D eigenvalue weighted by atomic mass is 9.92. The van der Waals surface area contributed by atoms with Crippen LogP contribution in [0.2, 0.25) is 0 Å². The highest BCUT2D eigenvalue weighted by molar-refractivity contribution is 6.10. The van der Waals surface area contributed by atoms with Crippen molar-refractivity contribution in [1.29, 1.82) is 0 Å². The Kier molecular flexibility index (Phi) is 3.84. The van der Waals surface area contributed by atoms with Crippen molar-refractivity contribution in [3.63, 3.8) is 0 Å². The van der Waals surface area contributed by atoms with Crippen LogP contribution in [0.1, 0.15) is 36.9 Å². The fourth-order valence-corrected chi connectivity index (χ4v) is 2.71. The molecule has 0 saturated carbocycles. The van der Waals surface area contributed by atoms with Gasteiger partial charge in [-0.05, 0) is 17.7 Å². The number of ether oxygens (including phenoxy) is 1. The quantitative estimate of drug-likeness (QED) is 0.545. The first-order valence-corrected chi connectivity index (χ1v) is 7.83.